The van der Waals surface area contributed by atoms with Crippen molar-refractivity contribution in [3.05, 3.63) is 29.3 Å². The zero-order valence-corrected chi connectivity index (χ0v) is 12.9. The summed E-state index contributed by atoms with van der Waals surface area (Å²) in [5, 5.41) is 3.12. The zero-order valence-electron chi connectivity index (χ0n) is 12.9. The van der Waals surface area contributed by atoms with Crippen molar-refractivity contribution in [1.29, 1.82) is 0 Å². The lowest BCUT2D eigenvalue weighted by atomic mass is 10.1. The number of rotatable bonds is 3. The van der Waals surface area contributed by atoms with Gasteiger partial charge in [-0.05, 0) is 32.5 Å². The second kappa shape index (κ2) is 6.27. The monoisotopic (exact) mass is 275 g/mol. The normalized spacial score (nSPS) is 20.0. The Morgan fingerprint density at radius 3 is 2.75 bits per heavy atom. The van der Waals surface area contributed by atoms with Crippen LogP contribution >= 0.6 is 0 Å². The Morgan fingerprint density at radius 2 is 2.15 bits per heavy atom. The first-order chi connectivity index (χ1) is 9.56. The van der Waals surface area contributed by atoms with Gasteiger partial charge in [-0.3, -0.25) is 9.69 Å². The van der Waals surface area contributed by atoms with Gasteiger partial charge >= 0.3 is 0 Å². The number of benzene rings is 1. The number of aryl methyl sites for hydroxylation is 1. The van der Waals surface area contributed by atoms with Crippen LogP contribution in [0.15, 0.2) is 18.2 Å². The summed E-state index contributed by atoms with van der Waals surface area (Å²) in [6.45, 7) is 10.0. The van der Waals surface area contributed by atoms with Crippen LogP contribution in [0.5, 0.6) is 0 Å². The Morgan fingerprint density at radius 1 is 1.40 bits per heavy atom. The Kier molecular flexibility index (Phi) is 4.65. The van der Waals surface area contributed by atoms with Crippen LogP contribution in [0.4, 0.5) is 5.69 Å². The Labute approximate surface area is 121 Å². The fraction of sp³-hybridized carbons (Fsp3) is 0.562. The molecular formula is C16H25N3O. The summed E-state index contributed by atoms with van der Waals surface area (Å²) in [5.74, 6) is 0.139. The van der Waals surface area contributed by atoms with Crippen LogP contribution < -0.4 is 5.32 Å². The predicted molar refractivity (Wildman–Crippen MR) is 83.3 cm³/mol. The van der Waals surface area contributed by atoms with Crippen LogP contribution in [0.25, 0.3) is 0 Å². The van der Waals surface area contributed by atoms with E-state index >= 15 is 0 Å². The molecule has 20 heavy (non-hydrogen) atoms. The van der Waals surface area contributed by atoms with E-state index in [1.165, 1.54) is 0 Å². The number of nitrogens with one attached hydrogen (secondary N) is 1. The molecule has 1 heterocycles. The third-order valence-corrected chi connectivity index (χ3v) is 4.13. The van der Waals surface area contributed by atoms with Crippen LogP contribution in [0, 0.1) is 6.92 Å². The zero-order chi connectivity index (χ0) is 14.7. The van der Waals surface area contributed by atoms with Crippen molar-refractivity contribution in [2.75, 3.05) is 38.5 Å². The van der Waals surface area contributed by atoms with Crippen molar-refractivity contribution in [2.24, 2.45) is 0 Å². The molecule has 0 spiro atoms. The predicted octanol–water partition coefficient (Wildman–Crippen LogP) is 2.20. The highest BCUT2D eigenvalue weighted by Crippen LogP contribution is 2.20. The van der Waals surface area contributed by atoms with Gasteiger partial charge < -0.3 is 10.2 Å². The largest absolute Gasteiger partial charge is 0.387 e. The number of anilines is 1. The summed E-state index contributed by atoms with van der Waals surface area (Å²) in [5.41, 5.74) is 2.81. The van der Waals surface area contributed by atoms with Crippen LogP contribution in [0.3, 0.4) is 0 Å². The van der Waals surface area contributed by atoms with E-state index < -0.39 is 0 Å². The molecule has 2 rings (SSSR count). The van der Waals surface area contributed by atoms with Gasteiger partial charge in [-0.2, -0.15) is 0 Å². The number of carbonyl (C=O) groups excluding carboxylic acids is 1. The minimum absolute atomic E-state index is 0.139. The standard InChI is InChI=1S/C16H25N3O/c1-5-18-8-9-19(11-13(18)3)16(20)14-10-12(2)6-7-15(14)17-4/h6-7,10,13,17H,5,8-9,11H2,1-4H3. The summed E-state index contributed by atoms with van der Waals surface area (Å²) < 4.78 is 0. The quantitative estimate of drug-likeness (QED) is 0.918. The van der Waals surface area contributed by atoms with Gasteiger partial charge in [0.15, 0.2) is 0 Å². The van der Waals surface area contributed by atoms with Crippen LogP contribution in [0.2, 0.25) is 0 Å². The first kappa shape index (κ1) is 14.9. The number of likely N-dealkylation sites (N-methyl/N-ethyl adjacent to an activating group) is 1. The number of hydrogen-bond donors (Lipinski definition) is 1. The molecule has 110 valence electrons. The summed E-state index contributed by atoms with van der Waals surface area (Å²) >= 11 is 0. The van der Waals surface area contributed by atoms with Gasteiger partial charge in [0.05, 0.1) is 5.56 Å². The summed E-state index contributed by atoms with van der Waals surface area (Å²) in [7, 11) is 1.86. The van der Waals surface area contributed by atoms with Crippen LogP contribution in [0.1, 0.15) is 29.8 Å². The molecule has 4 heteroatoms. The van der Waals surface area contributed by atoms with Gasteiger partial charge in [-0.1, -0.05) is 18.6 Å². The number of piperazine rings is 1. The molecule has 1 amide bonds. The molecule has 0 bridgehead atoms. The second-order valence-electron chi connectivity index (χ2n) is 5.53. The first-order valence-corrected chi connectivity index (χ1v) is 7.38. The topological polar surface area (TPSA) is 35.6 Å². The molecule has 1 aromatic carbocycles. The van der Waals surface area contributed by atoms with E-state index in [1.54, 1.807) is 0 Å². The molecule has 1 fully saturated rings. The molecule has 0 radical (unpaired) electrons. The molecule has 1 unspecified atom stereocenters. The third-order valence-electron chi connectivity index (χ3n) is 4.13. The Balaban J connectivity index is 2.18. The van der Waals surface area contributed by atoms with Gasteiger partial charge in [0.1, 0.15) is 0 Å². The van der Waals surface area contributed by atoms with Gasteiger partial charge in [-0.15, -0.1) is 0 Å². The Hall–Kier alpha value is -1.55. The lowest BCUT2D eigenvalue weighted by Crippen LogP contribution is -2.53. The lowest BCUT2D eigenvalue weighted by Gasteiger charge is -2.39. The minimum Gasteiger partial charge on any atom is -0.387 e. The summed E-state index contributed by atoms with van der Waals surface area (Å²) in [4.78, 5) is 17.1. The Bertz CT molecular complexity index is 487. The van der Waals surface area contributed by atoms with Crippen molar-refractivity contribution in [3.63, 3.8) is 0 Å². The molecule has 1 saturated heterocycles. The number of hydrogen-bond acceptors (Lipinski definition) is 3. The van der Waals surface area contributed by atoms with E-state index in [0.717, 1.165) is 43.0 Å². The van der Waals surface area contributed by atoms with Crippen molar-refractivity contribution >= 4 is 11.6 Å². The van der Waals surface area contributed by atoms with E-state index in [-0.39, 0.29) is 5.91 Å². The van der Waals surface area contributed by atoms with E-state index in [4.69, 9.17) is 0 Å². The van der Waals surface area contributed by atoms with E-state index in [0.29, 0.717) is 6.04 Å². The van der Waals surface area contributed by atoms with E-state index in [1.807, 2.05) is 37.1 Å². The molecule has 1 aliphatic heterocycles. The summed E-state index contributed by atoms with van der Waals surface area (Å²) in [6.07, 6.45) is 0. The first-order valence-electron chi connectivity index (χ1n) is 7.38. The average molecular weight is 275 g/mol. The van der Waals surface area contributed by atoms with Crippen molar-refractivity contribution in [1.82, 2.24) is 9.80 Å². The van der Waals surface area contributed by atoms with E-state index in [9.17, 15) is 4.79 Å². The molecular weight excluding hydrogens is 250 g/mol. The maximum absolute atomic E-state index is 12.7. The minimum atomic E-state index is 0.139. The highest BCUT2D eigenvalue weighted by atomic mass is 16.2. The third kappa shape index (κ3) is 2.96. The number of amides is 1. The van der Waals surface area contributed by atoms with Crippen molar-refractivity contribution in [2.45, 2.75) is 26.8 Å². The van der Waals surface area contributed by atoms with Gasteiger partial charge in [0.25, 0.3) is 5.91 Å². The fourth-order valence-electron chi connectivity index (χ4n) is 2.87. The smallest absolute Gasteiger partial charge is 0.256 e. The van der Waals surface area contributed by atoms with Gasteiger partial charge in [-0.25, -0.2) is 0 Å². The highest BCUT2D eigenvalue weighted by molar-refractivity contribution is 5.99. The molecule has 4 nitrogen and oxygen atoms in total. The van der Waals surface area contributed by atoms with Gasteiger partial charge in [0.2, 0.25) is 0 Å². The maximum atomic E-state index is 12.7. The maximum Gasteiger partial charge on any atom is 0.256 e. The molecule has 0 saturated carbocycles. The van der Waals surface area contributed by atoms with Gasteiger partial charge in [0, 0.05) is 38.4 Å². The lowest BCUT2D eigenvalue weighted by molar-refractivity contribution is 0.0529. The van der Waals surface area contributed by atoms with Crippen LogP contribution in [-0.4, -0.2) is 55.0 Å². The van der Waals surface area contributed by atoms with Crippen molar-refractivity contribution < 1.29 is 4.79 Å². The second-order valence-corrected chi connectivity index (χ2v) is 5.53. The number of carbonyl (C=O) groups is 1. The molecule has 1 atom stereocenters. The molecule has 0 aromatic heterocycles. The highest BCUT2D eigenvalue weighted by Gasteiger charge is 2.27. The SMILES string of the molecule is CCN1CCN(C(=O)c2cc(C)ccc2NC)CC1C. The summed E-state index contributed by atoms with van der Waals surface area (Å²) in [6, 6.07) is 6.42. The van der Waals surface area contributed by atoms with Crippen molar-refractivity contribution in [3.8, 4) is 0 Å². The average Bonchev–Trinajstić information content (AvgIpc) is 2.46. The van der Waals surface area contributed by atoms with Crippen LogP contribution in [-0.2, 0) is 0 Å². The molecule has 0 aliphatic carbocycles. The van der Waals surface area contributed by atoms with E-state index in [2.05, 4.69) is 24.1 Å². The number of nitrogens with zero attached hydrogens (tertiary/aromatic N) is 2. The fourth-order valence-corrected chi connectivity index (χ4v) is 2.87. The molecule has 1 aromatic rings. The molecule has 1 aliphatic rings. The molecule has 1 N–H and O–H groups in total.